The van der Waals surface area contributed by atoms with Gasteiger partial charge in [-0.2, -0.15) is 0 Å². The minimum Gasteiger partial charge on any atom is -0.368 e. The summed E-state index contributed by atoms with van der Waals surface area (Å²) in [6.07, 6.45) is 1.32. The highest BCUT2D eigenvalue weighted by molar-refractivity contribution is 5.81. The number of fused-ring (bicyclic) bond motifs is 3. The van der Waals surface area contributed by atoms with E-state index in [9.17, 15) is 0 Å². The molecule has 0 aromatic heterocycles. The maximum Gasteiger partial charge on any atom is 0.0644 e. The third kappa shape index (κ3) is 1.54. The van der Waals surface area contributed by atoms with Gasteiger partial charge in [0.2, 0.25) is 0 Å². The van der Waals surface area contributed by atoms with Gasteiger partial charge >= 0.3 is 0 Å². The molecular formula is C16H23N3. The summed E-state index contributed by atoms with van der Waals surface area (Å²) in [5.41, 5.74) is 4.64. The zero-order valence-electron chi connectivity index (χ0n) is 12.0. The van der Waals surface area contributed by atoms with Gasteiger partial charge in [-0.3, -0.25) is 0 Å². The molecule has 1 fully saturated rings. The maximum atomic E-state index is 2.72. The van der Waals surface area contributed by atoms with Gasteiger partial charge in [-0.1, -0.05) is 12.1 Å². The van der Waals surface area contributed by atoms with Gasteiger partial charge in [-0.15, -0.1) is 0 Å². The number of anilines is 2. The number of hydrogen-bond acceptors (Lipinski definition) is 3. The number of nitrogens with zero attached hydrogens (tertiary/aromatic N) is 3. The molecule has 2 atom stereocenters. The summed E-state index contributed by atoms with van der Waals surface area (Å²) in [6.45, 7) is 8.27. The Morgan fingerprint density at radius 3 is 2.95 bits per heavy atom. The predicted octanol–water partition coefficient (Wildman–Crippen LogP) is 2.13. The lowest BCUT2D eigenvalue weighted by molar-refractivity contribution is 0.231. The zero-order chi connectivity index (χ0) is 13.0. The second-order valence-electron chi connectivity index (χ2n) is 6.21. The van der Waals surface area contributed by atoms with E-state index in [1.165, 1.54) is 38.3 Å². The van der Waals surface area contributed by atoms with E-state index in [2.05, 4.69) is 46.9 Å². The Labute approximate surface area is 115 Å². The van der Waals surface area contributed by atoms with Crippen molar-refractivity contribution in [2.45, 2.75) is 25.3 Å². The molecule has 3 aliphatic heterocycles. The SMILES string of the molecule is CCN1CCN2c3c(cccc31)[C@@H]1CN(C)CC[C@@H]12. The molecule has 0 bridgehead atoms. The Hall–Kier alpha value is -1.22. The third-order valence-electron chi connectivity index (χ3n) is 5.25. The average molecular weight is 257 g/mol. The zero-order valence-corrected chi connectivity index (χ0v) is 12.0. The Morgan fingerprint density at radius 2 is 2.11 bits per heavy atom. The fourth-order valence-corrected chi connectivity index (χ4v) is 4.32. The molecule has 0 N–H and O–H groups in total. The molecule has 0 amide bonds. The highest BCUT2D eigenvalue weighted by atomic mass is 15.3. The van der Waals surface area contributed by atoms with E-state index >= 15 is 0 Å². The van der Waals surface area contributed by atoms with Gasteiger partial charge in [0.15, 0.2) is 0 Å². The van der Waals surface area contributed by atoms with Gasteiger partial charge in [0.1, 0.15) is 0 Å². The smallest absolute Gasteiger partial charge is 0.0644 e. The van der Waals surface area contributed by atoms with Gasteiger partial charge in [-0.05, 0) is 38.6 Å². The monoisotopic (exact) mass is 257 g/mol. The van der Waals surface area contributed by atoms with Crippen LogP contribution in [-0.2, 0) is 0 Å². The van der Waals surface area contributed by atoms with Crippen molar-refractivity contribution in [3.05, 3.63) is 23.8 Å². The number of likely N-dealkylation sites (tertiary alicyclic amines) is 1. The van der Waals surface area contributed by atoms with Crippen molar-refractivity contribution < 1.29 is 0 Å². The van der Waals surface area contributed by atoms with Crippen LogP contribution in [0.25, 0.3) is 0 Å². The molecule has 102 valence electrons. The normalized spacial score (nSPS) is 29.4. The van der Waals surface area contributed by atoms with Gasteiger partial charge in [0.05, 0.1) is 11.4 Å². The lowest BCUT2D eigenvalue weighted by atomic mass is 9.89. The molecule has 1 aromatic carbocycles. The summed E-state index contributed by atoms with van der Waals surface area (Å²) < 4.78 is 0. The molecule has 3 aliphatic rings. The molecule has 0 unspecified atom stereocenters. The van der Waals surface area contributed by atoms with Crippen LogP contribution in [0.5, 0.6) is 0 Å². The van der Waals surface area contributed by atoms with Gasteiger partial charge < -0.3 is 14.7 Å². The van der Waals surface area contributed by atoms with Crippen LogP contribution in [0.3, 0.4) is 0 Å². The number of hydrogen-bond donors (Lipinski definition) is 0. The number of benzene rings is 1. The molecule has 0 spiro atoms. The molecule has 3 heterocycles. The molecule has 3 heteroatoms. The Kier molecular flexibility index (Phi) is 2.52. The number of likely N-dealkylation sites (N-methyl/N-ethyl adjacent to an activating group) is 2. The molecule has 19 heavy (non-hydrogen) atoms. The van der Waals surface area contributed by atoms with Gasteiger partial charge in [0, 0.05) is 38.1 Å². The summed E-state index contributed by atoms with van der Waals surface area (Å²) in [6, 6.07) is 7.70. The quantitative estimate of drug-likeness (QED) is 0.763. The largest absolute Gasteiger partial charge is 0.368 e. The second kappa shape index (κ2) is 4.14. The minimum absolute atomic E-state index is 0.727. The maximum absolute atomic E-state index is 2.72. The van der Waals surface area contributed by atoms with Crippen LogP contribution in [0.2, 0.25) is 0 Å². The van der Waals surface area contributed by atoms with Crippen molar-refractivity contribution in [3.8, 4) is 0 Å². The summed E-state index contributed by atoms with van der Waals surface area (Å²) in [5, 5.41) is 0. The van der Waals surface area contributed by atoms with E-state index in [1.54, 1.807) is 11.3 Å². The van der Waals surface area contributed by atoms with E-state index in [4.69, 9.17) is 0 Å². The summed E-state index contributed by atoms with van der Waals surface area (Å²) in [4.78, 5) is 7.75. The lowest BCUT2D eigenvalue weighted by Crippen LogP contribution is -2.48. The molecule has 4 rings (SSSR count). The van der Waals surface area contributed by atoms with Crippen LogP contribution >= 0.6 is 0 Å². The molecule has 3 nitrogen and oxygen atoms in total. The van der Waals surface area contributed by atoms with Crippen molar-refractivity contribution in [2.75, 3.05) is 49.6 Å². The average Bonchev–Trinajstić information content (AvgIpc) is 2.75. The molecular weight excluding hydrogens is 234 g/mol. The van der Waals surface area contributed by atoms with Crippen LogP contribution in [0.15, 0.2) is 18.2 Å². The topological polar surface area (TPSA) is 9.72 Å². The van der Waals surface area contributed by atoms with E-state index in [1.807, 2.05) is 0 Å². The summed E-state index contributed by atoms with van der Waals surface area (Å²) in [5.74, 6) is 0.727. The number of para-hydroxylation sites is 1. The first-order chi connectivity index (χ1) is 9.29. The molecule has 1 saturated heterocycles. The number of rotatable bonds is 1. The molecule has 0 saturated carbocycles. The Bertz CT molecular complexity index is 499. The minimum atomic E-state index is 0.727. The highest BCUT2D eigenvalue weighted by Gasteiger charge is 2.44. The van der Waals surface area contributed by atoms with Crippen molar-refractivity contribution in [3.63, 3.8) is 0 Å². The van der Waals surface area contributed by atoms with E-state index in [-0.39, 0.29) is 0 Å². The van der Waals surface area contributed by atoms with Crippen LogP contribution in [0.1, 0.15) is 24.8 Å². The third-order valence-corrected chi connectivity index (χ3v) is 5.25. The van der Waals surface area contributed by atoms with Crippen molar-refractivity contribution >= 4 is 11.4 Å². The predicted molar refractivity (Wildman–Crippen MR) is 80.3 cm³/mol. The standard InChI is InChI=1S/C16H23N3/c1-3-18-9-10-19-14-7-8-17(2)11-13(14)12-5-4-6-15(18)16(12)19/h4-6,13-14H,3,7-11H2,1-2H3/t13-,14-/m0/s1. The first-order valence-corrected chi connectivity index (χ1v) is 7.62. The van der Waals surface area contributed by atoms with Crippen molar-refractivity contribution in [2.24, 2.45) is 0 Å². The number of piperidine rings is 1. The molecule has 1 aromatic rings. The molecule has 0 radical (unpaired) electrons. The van der Waals surface area contributed by atoms with Crippen LogP contribution in [0.4, 0.5) is 11.4 Å². The second-order valence-corrected chi connectivity index (χ2v) is 6.21. The summed E-state index contributed by atoms with van der Waals surface area (Å²) >= 11 is 0. The van der Waals surface area contributed by atoms with Crippen LogP contribution < -0.4 is 9.80 Å². The fourth-order valence-electron chi connectivity index (χ4n) is 4.32. The Balaban J connectivity index is 1.83. The first kappa shape index (κ1) is 11.6. The summed E-state index contributed by atoms with van der Waals surface area (Å²) in [7, 11) is 2.26. The van der Waals surface area contributed by atoms with Crippen LogP contribution in [0, 0.1) is 0 Å². The first-order valence-electron chi connectivity index (χ1n) is 7.62. The highest BCUT2D eigenvalue weighted by Crippen LogP contribution is 2.50. The van der Waals surface area contributed by atoms with E-state index in [0.717, 1.165) is 18.5 Å². The van der Waals surface area contributed by atoms with Gasteiger partial charge in [-0.25, -0.2) is 0 Å². The van der Waals surface area contributed by atoms with E-state index < -0.39 is 0 Å². The fraction of sp³-hybridized carbons (Fsp3) is 0.625. The lowest BCUT2D eigenvalue weighted by Gasteiger charge is -2.41. The Morgan fingerprint density at radius 1 is 1.21 bits per heavy atom. The van der Waals surface area contributed by atoms with Gasteiger partial charge in [0.25, 0.3) is 0 Å². The van der Waals surface area contributed by atoms with Crippen LogP contribution in [-0.4, -0.2) is 50.7 Å². The molecule has 0 aliphatic carbocycles. The van der Waals surface area contributed by atoms with E-state index in [0.29, 0.717) is 0 Å². The van der Waals surface area contributed by atoms with Crippen molar-refractivity contribution in [1.29, 1.82) is 0 Å². The van der Waals surface area contributed by atoms with Crippen molar-refractivity contribution in [1.82, 2.24) is 4.90 Å².